The average Bonchev–Trinajstić information content (AvgIpc) is 2.53. The van der Waals surface area contributed by atoms with E-state index in [2.05, 4.69) is 48.3 Å². The summed E-state index contributed by atoms with van der Waals surface area (Å²) in [4.78, 5) is 17.1. The van der Waals surface area contributed by atoms with Crippen molar-refractivity contribution in [3.63, 3.8) is 0 Å². The number of piperazine rings is 1. The Morgan fingerprint density at radius 3 is 2.61 bits per heavy atom. The maximum absolute atomic E-state index is 12.8. The number of hydrogen-bond acceptors (Lipinski definition) is 3. The molecule has 1 unspecified atom stereocenters. The molecule has 4 nitrogen and oxygen atoms in total. The predicted molar refractivity (Wildman–Crippen MR) is 98.6 cm³/mol. The lowest BCUT2D eigenvalue weighted by Gasteiger charge is -2.39. The van der Waals surface area contributed by atoms with Crippen molar-refractivity contribution in [3.8, 4) is 0 Å². The minimum Gasteiger partial charge on any atom is -0.336 e. The fourth-order valence-electron chi connectivity index (χ4n) is 3.41. The molecule has 0 saturated carbocycles. The Labute approximate surface area is 151 Å². The number of hydrogen-bond donors (Lipinski definition) is 1. The molecule has 2 heterocycles. The molecule has 1 amide bonds. The second kappa shape index (κ2) is 8.88. The summed E-state index contributed by atoms with van der Waals surface area (Å²) in [5, 5.41) is 3.34. The normalized spacial score (nSPS) is 22.3. The van der Waals surface area contributed by atoms with Crippen molar-refractivity contribution in [3.05, 3.63) is 35.4 Å². The fraction of sp³-hybridized carbons (Fsp3) is 0.588. The van der Waals surface area contributed by atoms with Crippen LogP contribution in [0.5, 0.6) is 0 Å². The second-order valence-corrected chi connectivity index (χ2v) is 6.25. The van der Waals surface area contributed by atoms with Gasteiger partial charge in [-0.1, -0.05) is 24.3 Å². The maximum Gasteiger partial charge on any atom is 0.239 e. The van der Waals surface area contributed by atoms with Gasteiger partial charge in [0.2, 0.25) is 5.91 Å². The molecule has 1 saturated heterocycles. The highest BCUT2D eigenvalue weighted by molar-refractivity contribution is 5.85. The van der Waals surface area contributed by atoms with Crippen LogP contribution >= 0.6 is 24.8 Å². The monoisotopic (exact) mass is 359 g/mol. The summed E-state index contributed by atoms with van der Waals surface area (Å²) in [6, 6.07) is 8.85. The van der Waals surface area contributed by atoms with E-state index in [1.54, 1.807) is 0 Å². The number of fused-ring (bicyclic) bond motifs is 1. The molecule has 0 radical (unpaired) electrons. The van der Waals surface area contributed by atoms with Crippen LogP contribution in [-0.4, -0.2) is 54.0 Å². The van der Waals surface area contributed by atoms with Crippen LogP contribution in [0.25, 0.3) is 0 Å². The number of amides is 1. The SMILES string of the molecule is CC(C(=O)N1CCNC[C@H]1C)N1CCc2ccccc2C1.Cl.Cl. The van der Waals surface area contributed by atoms with E-state index in [0.717, 1.165) is 39.1 Å². The van der Waals surface area contributed by atoms with Crippen molar-refractivity contribution < 1.29 is 4.79 Å². The Morgan fingerprint density at radius 1 is 1.22 bits per heavy atom. The van der Waals surface area contributed by atoms with E-state index in [9.17, 15) is 4.79 Å². The highest BCUT2D eigenvalue weighted by atomic mass is 35.5. The smallest absolute Gasteiger partial charge is 0.239 e. The van der Waals surface area contributed by atoms with Crippen LogP contribution in [-0.2, 0) is 17.8 Å². The third-order valence-electron chi connectivity index (χ3n) is 4.85. The van der Waals surface area contributed by atoms with Crippen molar-refractivity contribution in [1.29, 1.82) is 0 Å². The minimum atomic E-state index is -0.0288. The molecule has 23 heavy (non-hydrogen) atoms. The lowest BCUT2D eigenvalue weighted by Crippen LogP contribution is -2.57. The first-order chi connectivity index (χ1) is 10.2. The van der Waals surface area contributed by atoms with Crippen LogP contribution in [0.3, 0.4) is 0 Å². The Balaban J connectivity index is 0.00000132. The third kappa shape index (κ3) is 4.38. The van der Waals surface area contributed by atoms with E-state index in [1.807, 2.05) is 4.90 Å². The molecule has 0 spiro atoms. The fourth-order valence-corrected chi connectivity index (χ4v) is 3.41. The molecule has 0 aliphatic carbocycles. The standard InChI is InChI=1S/C17H25N3O.2ClH/c1-13-11-18-8-10-20(13)17(21)14(2)19-9-7-15-5-3-4-6-16(15)12-19;;/h3-6,13-14,18H,7-12H2,1-2H3;2*1H/t13-,14?;;/m1../s1. The number of benzene rings is 1. The summed E-state index contributed by atoms with van der Waals surface area (Å²) in [5.41, 5.74) is 2.81. The van der Waals surface area contributed by atoms with Crippen LogP contribution in [0, 0.1) is 0 Å². The molecule has 3 rings (SSSR count). The summed E-state index contributed by atoms with van der Waals surface area (Å²) in [5.74, 6) is 0.281. The Bertz CT molecular complexity index is 526. The van der Waals surface area contributed by atoms with Gasteiger partial charge in [0.25, 0.3) is 0 Å². The van der Waals surface area contributed by atoms with E-state index < -0.39 is 0 Å². The first-order valence-corrected chi connectivity index (χ1v) is 7.99. The molecule has 130 valence electrons. The number of nitrogens with zero attached hydrogens (tertiary/aromatic N) is 2. The quantitative estimate of drug-likeness (QED) is 0.878. The number of carbonyl (C=O) groups is 1. The molecular formula is C17H27Cl2N3O. The molecule has 1 aromatic rings. The first-order valence-electron chi connectivity index (χ1n) is 7.99. The molecule has 6 heteroatoms. The van der Waals surface area contributed by atoms with Gasteiger partial charge in [-0.3, -0.25) is 9.69 Å². The lowest BCUT2D eigenvalue weighted by atomic mass is 9.98. The van der Waals surface area contributed by atoms with Crippen LogP contribution < -0.4 is 5.32 Å². The van der Waals surface area contributed by atoms with Crippen LogP contribution in [0.1, 0.15) is 25.0 Å². The predicted octanol–water partition coefficient (Wildman–Crippen LogP) is 2.10. The molecule has 0 aromatic heterocycles. The summed E-state index contributed by atoms with van der Waals surface area (Å²) in [7, 11) is 0. The molecule has 1 fully saturated rings. The molecule has 1 aromatic carbocycles. The van der Waals surface area contributed by atoms with Gasteiger partial charge in [-0.05, 0) is 31.4 Å². The van der Waals surface area contributed by atoms with Crippen molar-refractivity contribution >= 4 is 30.7 Å². The number of rotatable bonds is 2. The molecule has 1 N–H and O–H groups in total. The zero-order chi connectivity index (χ0) is 14.8. The van der Waals surface area contributed by atoms with E-state index in [1.165, 1.54) is 11.1 Å². The van der Waals surface area contributed by atoms with Crippen molar-refractivity contribution in [2.75, 3.05) is 26.2 Å². The summed E-state index contributed by atoms with van der Waals surface area (Å²) in [6.45, 7) is 8.70. The lowest BCUT2D eigenvalue weighted by molar-refractivity contribution is -0.139. The Hall–Kier alpha value is -0.810. The van der Waals surface area contributed by atoms with Gasteiger partial charge in [0.1, 0.15) is 0 Å². The summed E-state index contributed by atoms with van der Waals surface area (Å²) < 4.78 is 0. The molecule has 2 aliphatic rings. The topological polar surface area (TPSA) is 35.6 Å². The van der Waals surface area contributed by atoms with Crippen molar-refractivity contribution in [1.82, 2.24) is 15.1 Å². The third-order valence-corrected chi connectivity index (χ3v) is 4.85. The summed E-state index contributed by atoms with van der Waals surface area (Å²) >= 11 is 0. The Morgan fingerprint density at radius 2 is 1.91 bits per heavy atom. The zero-order valence-corrected chi connectivity index (χ0v) is 15.5. The number of nitrogens with one attached hydrogen (secondary N) is 1. The first kappa shape index (κ1) is 20.2. The van der Waals surface area contributed by atoms with Gasteiger partial charge >= 0.3 is 0 Å². The number of halogens is 2. The average molecular weight is 360 g/mol. The highest BCUT2D eigenvalue weighted by Crippen LogP contribution is 2.21. The number of carbonyl (C=O) groups excluding carboxylic acids is 1. The van der Waals surface area contributed by atoms with Gasteiger partial charge in [0.15, 0.2) is 0 Å². The Kier molecular flexibility index (Phi) is 7.81. The van der Waals surface area contributed by atoms with Crippen LogP contribution in [0.2, 0.25) is 0 Å². The van der Waals surface area contributed by atoms with Crippen molar-refractivity contribution in [2.45, 2.75) is 38.9 Å². The van der Waals surface area contributed by atoms with Crippen LogP contribution in [0.4, 0.5) is 0 Å². The molecule has 2 aliphatic heterocycles. The molecular weight excluding hydrogens is 333 g/mol. The second-order valence-electron chi connectivity index (χ2n) is 6.25. The molecule has 0 bridgehead atoms. The van der Waals surface area contributed by atoms with Gasteiger partial charge in [-0.2, -0.15) is 0 Å². The van der Waals surface area contributed by atoms with Crippen LogP contribution in [0.15, 0.2) is 24.3 Å². The van der Waals surface area contributed by atoms with E-state index >= 15 is 0 Å². The van der Waals surface area contributed by atoms with Gasteiger partial charge in [0, 0.05) is 38.8 Å². The van der Waals surface area contributed by atoms with Gasteiger partial charge in [-0.15, -0.1) is 24.8 Å². The zero-order valence-electron chi connectivity index (χ0n) is 13.8. The minimum absolute atomic E-state index is 0. The van der Waals surface area contributed by atoms with E-state index in [4.69, 9.17) is 0 Å². The largest absolute Gasteiger partial charge is 0.336 e. The maximum atomic E-state index is 12.8. The molecule has 2 atom stereocenters. The van der Waals surface area contributed by atoms with Crippen molar-refractivity contribution in [2.24, 2.45) is 0 Å². The van der Waals surface area contributed by atoms with Gasteiger partial charge < -0.3 is 10.2 Å². The van der Waals surface area contributed by atoms with Gasteiger partial charge in [-0.25, -0.2) is 0 Å². The van der Waals surface area contributed by atoms with E-state index in [-0.39, 0.29) is 36.8 Å². The summed E-state index contributed by atoms with van der Waals surface area (Å²) in [6.07, 6.45) is 1.05. The highest BCUT2D eigenvalue weighted by Gasteiger charge is 2.31. The van der Waals surface area contributed by atoms with E-state index in [0.29, 0.717) is 6.04 Å². The van der Waals surface area contributed by atoms with Gasteiger partial charge in [0.05, 0.1) is 6.04 Å².